The molecule has 2 heterocycles. The first-order valence-corrected chi connectivity index (χ1v) is 6.54. The van der Waals surface area contributed by atoms with Crippen molar-refractivity contribution in [3.8, 4) is 0 Å². The Kier molecular flexibility index (Phi) is 2.74. The van der Waals surface area contributed by atoms with Gasteiger partial charge in [-0.3, -0.25) is 0 Å². The molecule has 0 amide bonds. The number of likely N-dealkylation sites (N-methyl/N-ethyl adjacent to an activating group) is 1. The lowest BCUT2D eigenvalue weighted by atomic mass is 10.1. The predicted octanol–water partition coefficient (Wildman–Crippen LogP) is 1.93. The number of rotatable bonds is 1. The van der Waals surface area contributed by atoms with Crippen LogP contribution < -0.4 is 4.90 Å². The number of aromatic nitrogens is 2. The quantitative estimate of drug-likeness (QED) is 0.832. The lowest BCUT2D eigenvalue weighted by Gasteiger charge is -2.32. The molecule has 0 atom stereocenters. The summed E-state index contributed by atoms with van der Waals surface area (Å²) in [6.07, 6.45) is 0. The number of H-pyrrole nitrogens is 1. The highest BCUT2D eigenvalue weighted by molar-refractivity contribution is 5.79. The van der Waals surface area contributed by atoms with Gasteiger partial charge in [0.05, 0.1) is 11.0 Å². The molecule has 1 aromatic carbocycles. The van der Waals surface area contributed by atoms with E-state index in [0.717, 1.165) is 43.2 Å². The van der Waals surface area contributed by atoms with Crippen LogP contribution in [0.4, 0.5) is 5.95 Å². The molecule has 4 heteroatoms. The molecule has 3 rings (SSSR count). The average molecular weight is 244 g/mol. The maximum atomic E-state index is 4.72. The Morgan fingerprint density at radius 2 is 1.72 bits per heavy atom. The molecule has 4 nitrogen and oxygen atoms in total. The standard InChI is InChI=1S/C14H20N4/c1-10-8-12-13(9-11(10)2)16-14(15-12)18-6-4-17(3)5-7-18/h8-9H,4-7H2,1-3H3,(H,15,16). The molecule has 1 saturated heterocycles. The summed E-state index contributed by atoms with van der Waals surface area (Å²) in [5, 5.41) is 0. The fraction of sp³-hybridized carbons (Fsp3) is 0.500. The normalized spacial score (nSPS) is 17.6. The van der Waals surface area contributed by atoms with Crippen molar-refractivity contribution in [1.29, 1.82) is 0 Å². The zero-order valence-electron chi connectivity index (χ0n) is 11.3. The third-order valence-corrected chi connectivity index (χ3v) is 3.89. The van der Waals surface area contributed by atoms with Gasteiger partial charge in [-0.1, -0.05) is 0 Å². The van der Waals surface area contributed by atoms with E-state index in [1.807, 2.05) is 0 Å². The molecule has 0 saturated carbocycles. The Morgan fingerprint density at radius 1 is 1.06 bits per heavy atom. The van der Waals surface area contributed by atoms with E-state index in [-0.39, 0.29) is 0 Å². The zero-order valence-corrected chi connectivity index (χ0v) is 11.3. The fourth-order valence-corrected chi connectivity index (χ4v) is 2.42. The van der Waals surface area contributed by atoms with E-state index >= 15 is 0 Å². The van der Waals surface area contributed by atoms with Crippen molar-refractivity contribution in [2.45, 2.75) is 13.8 Å². The summed E-state index contributed by atoms with van der Waals surface area (Å²) in [6.45, 7) is 8.59. The van der Waals surface area contributed by atoms with Crippen LogP contribution in [0.15, 0.2) is 12.1 Å². The monoisotopic (exact) mass is 244 g/mol. The van der Waals surface area contributed by atoms with Crippen LogP contribution >= 0.6 is 0 Å². The van der Waals surface area contributed by atoms with Gasteiger partial charge in [-0.2, -0.15) is 0 Å². The van der Waals surface area contributed by atoms with Crippen molar-refractivity contribution in [1.82, 2.24) is 14.9 Å². The third-order valence-electron chi connectivity index (χ3n) is 3.89. The second kappa shape index (κ2) is 4.28. The molecule has 0 spiro atoms. The van der Waals surface area contributed by atoms with Crippen LogP contribution in [-0.4, -0.2) is 48.1 Å². The molecular formula is C14H20N4. The lowest BCUT2D eigenvalue weighted by Crippen LogP contribution is -2.44. The predicted molar refractivity (Wildman–Crippen MR) is 75.3 cm³/mol. The maximum Gasteiger partial charge on any atom is 0.203 e. The number of imidazole rings is 1. The first-order valence-electron chi connectivity index (χ1n) is 6.54. The highest BCUT2D eigenvalue weighted by Gasteiger charge is 2.17. The Balaban J connectivity index is 1.93. The van der Waals surface area contributed by atoms with Gasteiger partial charge in [-0.15, -0.1) is 0 Å². The minimum Gasteiger partial charge on any atom is -0.340 e. The number of hydrogen-bond donors (Lipinski definition) is 1. The van der Waals surface area contributed by atoms with E-state index in [1.54, 1.807) is 0 Å². The zero-order chi connectivity index (χ0) is 12.7. The largest absolute Gasteiger partial charge is 0.340 e. The Hall–Kier alpha value is -1.55. The molecule has 18 heavy (non-hydrogen) atoms. The van der Waals surface area contributed by atoms with Crippen LogP contribution in [0.5, 0.6) is 0 Å². The number of anilines is 1. The van der Waals surface area contributed by atoms with Crippen LogP contribution in [0.1, 0.15) is 11.1 Å². The van der Waals surface area contributed by atoms with Gasteiger partial charge in [-0.05, 0) is 44.2 Å². The number of fused-ring (bicyclic) bond motifs is 1. The highest BCUT2D eigenvalue weighted by atomic mass is 15.3. The van der Waals surface area contributed by atoms with Crippen molar-refractivity contribution in [2.75, 3.05) is 38.1 Å². The molecule has 0 aliphatic carbocycles. The summed E-state index contributed by atoms with van der Waals surface area (Å²) in [5.41, 5.74) is 4.84. The maximum absolute atomic E-state index is 4.72. The Labute approximate surface area is 108 Å². The number of aromatic amines is 1. The van der Waals surface area contributed by atoms with E-state index in [9.17, 15) is 0 Å². The van der Waals surface area contributed by atoms with E-state index in [4.69, 9.17) is 4.98 Å². The fourth-order valence-electron chi connectivity index (χ4n) is 2.42. The lowest BCUT2D eigenvalue weighted by molar-refractivity contribution is 0.311. The number of hydrogen-bond acceptors (Lipinski definition) is 3. The minimum atomic E-state index is 1.02. The van der Waals surface area contributed by atoms with Crippen molar-refractivity contribution >= 4 is 17.0 Å². The summed E-state index contributed by atoms with van der Waals surface area (Å²) in [7, 11) is 2.17. The third kappa shape index (κ3) is 1.97. The molecule has 1 aliphatic rings. The average Bonchev–Trinajstić information content (AvgIpc) is 2.73. The number of nitrogens with one attached hydrogen (secondary N) is 1. The van der Waals surface area contributed by atoms with Crippen LogP contribution in [-0.2, 0) is 0 Å². The van der Waals surface area contributed by atoms with Gasteiger partial charge in [0.15, 0.2) is 0 Å². The molecule has 0 radical (unpaired) electrons. The smallest absolute Gasteiger partial charge is 0.203 e. The Bertz CT molecular complexity index is 525. The van der Waals surface area contributed by atoms with Crippen molar-refractivity contribution < 1.29 is 0 Å². The van der Waals surface area contributed by atoms with Crippen LogP contribution in [0, 0.1) is 13.8 Å². The minimum absolute atomic E-state index is 1.02. The molecule has 1 N–H and O–H groups in total. The van der Waals surface area contributed by atoms with Crippen molar-refractivity contribution in [3.63, 3.8) is 0 Å². The number of piperazine rings is 1. The van der Waals surface area contributed by atoms with Crippen LogP contribution in [0.2, 0.25) is 0 Å². The summed E-state index contributed by atoms with van der Waals surface area (Å²) in [4.78, 5) is 12.9. The molecule has 0 unspecified atom stereocenters. The summed E-state index contributed by atoms with van der Waals surface area (Å²) in [6, 6.07) is 4.36. The molecule has 96 valence electrons. The number of nitrogens with zero attached hydrogens (tertiary/aromatic N) is 3. The van der Waals surface area contributed by atoms with Gasteiger partial charge in [0.2, 0.25) is 5.95 Å². The van der Waals surface area contributed by atoms with Gasteiger partial charge in [0, 0.05) is 26.2 Å². The molecule has 1 aromatic heterocycles. The van der Waals surface area contributed by atoms with Crippen molar-refractivity contribution in [2.24, 2.45) is 0 Å². The van der Waals surface area contributed by atoms with E-state index in [2.05, 4.69) is 47.8 Å². The molecule has 2 aromatic rings. The molecular weight excluding hydrogens is 224 g/mol. The summed E-state index contributed by atoms with van der Waals surface area (Å²) in [5.74, 6) is 1.02. The van der Waals surface area contributed by atoms with Gasteiger partial charge >= 0.3 is 0 Å². The van der Waals surface area contributed by atoms with Crippen molar-refractivity contribution in [3.05, 3.63) is 23.3 Å². The van der Waals surface area contributed by atoms with E-state index < -0.39 is 0 Å². The van der Waals surface area contributed by atoms with Crippen LogP contribution in [0.25, 0.3) is 11.0 Å². The van der Waals surface area contributed by atoms with E-state index in [1.165, 1.54) is 11.1 Å². The number of benzene rings is 1. The first kappa shape index (κ1) is 11.5. The Morgan fingerprint density at radius 3 is 2.44 bits per heavy atom. The number of aryl methyl sites for hydroxylation is 2. The van der Waals surface area contributed by atoms with Gasteiger partial charge in [0.1, 0.15) is 0 Å². The topological polar surface area (TPSA) is 35.2 Å². The molecule has 0 bridgehead atoms. The highest BCUT2D eigenvalue weighted by Crippen LogP contribution is 2.21. The van der Waals surface area contributed by atoms with E-state index in [0.29, 0.717) is 0 Å². The van der Waals surface area contributed by atoms with Gasteiger partial charge in [0.25, 0.3) is 0 Å². The SMILES string of the molecule is Cc1cc2nc(N3CCN(C)CC3)[nH]c2cc1C. The van der Waals surface area contributed by atoms with Gasteiger partial charge < -0.3 is 14.8 Å². The van der Waals surface area contributed by atoms with Crippen LogP contribution in [0.3, 0.4) is 0 Å². The summed E-state index contributed by atoms with van der Waals surface area (Å²) >= 11 is 0. The summed E-state index contributed by atoms with van der Waals surface area (Å²) < 4.78 is 0. The molecule has 1 aliphatic heterocycles. The molecule has 1 fully saturated rings. The first-order chi connectivity index (χ1) is 8.63. The second-order valence-electron chi connectivity index (χ2n) is 5.30. The second-order valence-corrected chi connectivity index (χ2v) is 5.30. The van der Waals surface area contributed by atoms with Gasteiger partial charge in [-0.25, -0.2) is 4.98 Å².